The molecule has 2 amide bonds. The molecule has 0 unspecified atom stereocenters. The number of cyclic esters (lactones) is 1. The van der Waals surface area contributed by atoms with E-state index in [0.29, 0.717) is 5.75 Å². The second-order valence-electron chi connectivity index (χ2n) is 6.75. The topological polar surface area (TPSA) is 139 Å². The molecule has 3 rings (SSSR count). The minimum atomic E-state index is -1.65. The number of aliphatic carboxylic acids is 1. The molecule has 1 aromatic rings. The molecule has 0 aromatic heterocycles. The van der Waals surface area contributed by atoms with E-state index in [4.69, 9.17) is 26.2 Å². The molecule has 2 aliphatic heterocycles. The first-order valence-electron chi connectivity index (χ1n) is 9.28. The number of nitrogens with zero attached hydrogens (tertiary/aromatic N) is 1. The fraction of sp³-hybridized carbons (Fsp3) is 0.421. The number of rotatable bonds is 10. The normalized spacial score (nSPS) is 23.5. The number of β-lactam (4-membered cyclic amide) rings is 1. The summed E-state index contributed by atoms with van der Waals surface area (Å²) in [4.78, 5) is 60.2. The largest absolute Gasteiger partial charge is 0.484 e. The number of alkyl halides is 1. The van der Waals surface area contributed by atoms with E-state index in [0.717, 1.165) is 16.7 Å². The zero-order chi connectivity index (χ0) is 22.5. The number of hydrogen-bond donors (Lipinski definition) is 2. The summed E-state index contributed by atoms with van der Waals surface area (Å²) in [5, 5.41) is 10.7. The standard InChI is InChI=1S/C19H19ClN2O8S/c20-16(19(27)28)22-17(26)15(21-13(24)8-29-10-4-2-1-3-5-10)18(22)31-9-11(23)12-6-7-14(25)30-12/h1-5,12,15-16,18H,6-9H2,(H,21,24)(H,27,28)/t12-,15+,16+,18+/m0/s1. The third-order valence-electron chi connectivity index (χ3n) is 4.60. The number of benzene rings is 1. The molecule has 2 heterocycles. The van der Waals surface area contributed by atoms with Crippen molar-refractivity contribution < 1.29 is 38.6 Å². The van der Waals surface area contributed by atoms with E-state index in [1.165, 1.54) is 0 Å². The number of para-hydroxylation sites is 1. The lowest BCUT2D eigenvalue weighted by molar-refractivity contribution is -0.157. The Kier molecular flexibility index (Phi) is 7.39. The number of ketones is 1. The number of nitrogens with one attached hydrogen (secondary N) is 1. The molecular formula is C19H19ClN2O8S. The molecule has 1 aromatic carbocycles. The maximum atomic E-state index is 12.4. The summed E-state index contributed by atoms with van der Waals surface area (Å²) < 4.78 is 10.2. The predicted molar refractivity (Wildman–Crippen MR) is 108 cm³/mol. The first-order valence-corrected chi connectivity index (χ1v) is 10.8. The molecule has 2 fully saturated rings. The van der Waals surface area contributed by atoms with Crippen molar-refractivity contribution >= 4 is 52.9 Å². The molecule has 10 nitrogen and oxygen atoms in total. The molecule has 0 saturated carbocycles. The Labute approximate surface area is 186 Å². The number of thioether (sulfide) groups is 1. The number of hydrogen-bond acceptors (Lipinski definition) is 8. The smallest absolute Gasteiger partial charge is 0.342 e. The minimum Gasteiger partial charge on any atom is -0.484 e. The van der Waals surface area contributed by atoms with Crippen LogP contribution in [0.2, 0.25) is 0 Å². The van der Waals surface area contributed by atoms with Crippen molar-refractivity contribution in [2.45, 2.75) is 35.9 Å². The van der Waals surface area contributed by atoms with Gasteiger partial charge in [0.2, 0.25) is 5.50 Å². The van der Waals surface area contributed by atoms with Crippen molar-refractivity contribution in [1.82, 2.24) is 10.2 Å². The van der Waals surface area contributed by atoms with Crippen molar-refractivity contribution in [2.24, 2.45) is 0 Å². The second-order valence-corrected chi connectivity index (χ2v) is 8.27. The Hall–Kier alpha value is -2.79. The van der Waals surface area contributed by atoms with Crippen LogP contribution in [-0.4, -0.2) is 74.9 Å². The average molecular weight is 471 g/mol. The van der Waals surface area contributed by atoms with Gasteiger partial charge in [-0.25, -0.2) is 4.79 Å². The lowest BCUT2D eigenvalue weighted by Gasteiger charge is -2.47. The lowest BCUT2D eigenvalue weighted by Crippen LogP contribution is -2.72. The highest BCUT2D eigenvalue weighted by Crippen LogP contribution is 2.34. The Morgan fingerprint density at radius 2 is 2.00 bits per heavy atom. The summed E-state index contributed by atoms with van der Waals surface area (Å²) >= 11 is 6.75. The van der Waals surface area contributed by atoms with Gasteiger partial charge in [0.05, 0.1) is 5.75 Å². The Balaban J connectivity index is 1.59. The molecular weight excluding hydrogens is 452 g/mol. The van der Waals surface area contributed by atoms with Gasteiger partial charge in [0.1, 0.15) is 17.2 Å². The van der Waals surface area contributed by atoms with Crippen LogP contribution < -0.4 is 10.1 Å². The van der Waals surface area contributed by atoms with E-state index in [1.54, 1.807) is 30.3 Å². The van der Waals surface area contributed by atoms with E-state index >= 15 is 0 Å². The number of carbonyl (C=O) groups is 5. The van der Waals surface area contributed by atoms with Crippen LogP contribution in [-0.2, 0) is 28.7 Å². The molecule has 0 spiro atoms. The minimum absolute atomic E-state index is 0.150. The maximum absolute atomic E-state index is 12.4. The molecule has 31 heavy (non-hydrogen) atoms. The summed E-state index contributed by atoms with van der Waals surface area (Å²) in [5.41, 5.74) is -1.65. The van der Waals surface area contributed by atoms with Crippen molar-refractivity contribution in [2.75, 3.05) is 12.4 Å². The molecule has 2 aliphatic rings. The molecule has 4 atom stereocenters. The van der Waals surface area contributed by atoms with Gasteiger partial charge in [-0.05, 0) is 12.1 Å². The SMILES string of the molecule is O=C(COc1ccccc1)N[C@@H]1C(=O)N([C@@H](Cl)C(=O)O)[C@@H]1SCC(=O)[C@@H]1CCC(=O)O1. The van der Waals surface area contributed by atoms with Crippen LogP contribution >= 0.6 is 23.4 Å². The molecule has 0 aliphatic carbocycles. The first-order chi connectivity index (χ1) is 14.8. The number of likely N-dealkylation sites (tertiary alicyclic amines) is 1. The van der Waals surface area contributed by atoms with Gasteiger partial charge in [-0.3, -0.25) is 24.1 Å². The quantitative estimate of drug-likeness (QED) is 0.215. The number of Topliss-reactive ketones (excluding diaryl/α,β-unsaturated/α-hetero) is 1. The highest BCUT2D eigenvalue weighted by molar-refractivity contribution is 8.00. The molecule has 12 heteroatoms. The number of carbonyl (C=O) groups excluding carboxylic acids is 4. The van der Waals surface area contributed by atoms with Crippen molar-refractivity contribution in [3.05, 3.63) is 30.3 Å². The van der Waals surface area contributed by atoms with E-state index in [1.807, 2.05) is 0 Å². The molecule has 2 saturated heterocycles. The van der Waals surface area contributed by atoms with Crippen LogP contribution in [0.15, 0.2) is 30.3 Å². The van der Waals surface area contributed by atoms with Gasteiger partial charge < -0.3 is 19.9 Å². The zero-order valence-electron chi connectivity index (χ0n) is 16.1. The van der Waals surface area contributed by atoms with Gasteiger partial charge in [-0.1, -0.05) is 29.8 Å². The van der Waals surface area contributed by atoms with Gasteiger partial charge in [-0.15, -0.1) is 11.8 Å². The molecule has 0 radical (unpaired) electrons. The number of carboxylic acids is 1. The number of esters is 1. The molecule has 2 N–H and O–H groups in total. The summed E-state index contributed by atoms with van der Waals surface area (Å²) in [7, 11) is 0. The Morgan fingerprint density at radius 1 is 1.29 bits per heavy atom. The van der Waals surface area contributed by atoms with Crippen molar-refractivity contribution in [3.8, 4) is 5.75 Å². The van der Waals surface area contributed by atoms with Gasteiger partial charge in [0, 0.05) is 12.8 Å². The van der Waals surface area contributed by atoms with Crippen molar-refractivity contribution in [1.29, 1.82) is 0 Å². The third kappa shape index (κ3) is 5.47. The summed E-state index contributed by atoms with van der Waals surface area (Å²) in [5.74, 6) is -3.23. The third-order valence-corrected chi connectivity index (χ3v) is 6.29. The van der Waals surface area contributed by atoms with E-state index < -0.39 is 46.8 Å². The van der Waals surface area contributed by atoms with Gasteiger partial charge in [-0.2, -0.15) is 0 Å². The monoisotopic (exact) mass is 470 g/mol. The van der Waals surface area contributed by atoms with Crippen molar-refractivity contribution in [3.63, 3.8) is 0 Å². The van der Waals surface area contributed by atoms with E-state index in [-0.39, 0.29) is 31.0 Å². The Morgan fingerprint density at radius 3 is 2.61 bits per heavy atom. The number of carboxylic acid groups (broad SMARTS) is 1. The summed E-state index contributed by atoms with van der Waals surface area (Å²) in [6, 6.07) is 7.51. The summed E-state index contributed by atoms with van der Waals surface area (Å²) in [6.07, 6.45) is -0.434. The second kappa shape index (κ2) is 10.0. The van der Waals surface area contributed by atoms with Gasteiger partial charge in [0.15, 0.2) is 18.5 Å². The first kappa shape index (κ1) is 22.9. The van der Waals surface area contributed by atoms with Crippen LogP contribution in [0, 0.1) is 0 Å². The van der Waals surface area contributed by atoms with Gasteiger partial charge in [0.25, 0.3) is 11.8 Å². The number of amides is 2. The Bertz CT molecular complexity index is 883. The lowest BCUT2D eigenvalue weighted by atomic mass is 10.1. The predicted octanol–water partition coefficient (Wildman–Crippen LogP) is 0.376. The van der Waals surface area contributed by atoms with Gasteiger partial charge >= 0.3 is 11.9 Å². The van der Waals surface area contributed by atoms with Crippen LogP contribution in [0.25, 0.3) is 0 Å². The number of ether oxygens (including phenoxy) is 2. The fourth-order valence-corrected chi connectivity index (χ4v) is 4.62. The van der Waals surface area contributed by atoms with E-state index in [9.17, 15) is 24.0 Å². The number of halogens is 1. The average Bonchev–Trinajstić information content (AvgIpc) is 3.19. The highest BCUT2D eigenvalue weighted by atomic mass is 35.5. The summed E-state index contributed by atoms with van der Waals surface area (Å²) in [6.45, 7) is -0.356. The highest BCUT2D eigenvalue weighted by Gasteiger charge is 2.53. The van der Waals surface area contributed by atoms with Crippen LogP contribution in [0.1, 0.15) is 12.8 Å². The van der Waals surface area contributed by atoms with Crippen LogP contribution in [0.3, 0.4) is 0 Å². The maximum Gasteiger partial charge on any atom is 0.342 e. The fourth-order valence-electron chi connectivity index (χ4n) is 3.05. The molecule has 0 bridgehead atoms. The molecule has 166 valence electrons. The van der Waals surface area contributed by atoms with E-state index in [2.05, 4.69) is 5.32 Å². The zero-order valence-corrected chi connectivity index (χ0v) is 17.6. The van der Waals surface area contributed by atoms with Crippen LogP contribution in [0.5, 0.6) is 5.75 Å². The van der Waals surface area contributed by atoms with Crippen LogP contribution in [0.4, 0.5) is 0 Å².